The first kappa shape index (κ1) is 17.2. The van der Waals surface area contributed by atoms with Gasteiger partial charge in [0.2, 0.25) is 5.91 Å². The van der Waals surface area contributed by atoms with Crippen molar-refractivity contribution in [3.8, 4) is 0 Å². The molecular formula is C21H25N3O. The van der Waals surface area contributed by atoms with Crippen molar-refractivity contribution in [3.63, 3.8) is 0 Å². The first-order chi connectivity index (χ1) is 12.0. The molecule has 0 saturated carbocycles. The molecule has 0 N–H and O–H groups in total. The molecule has 2 aromatic carbocycles. The first-order valence-electron chi connectivity index (χ1n) is 8.73. The van der Waals surface area contributed by atoms with Gasteiger partial charge in [0.25, 0.3) is 0 Å². The topological polar surface area (TPSA) is 35.9 Å². The number of hydrogen-bond donors (Lipinski definition) is 0. The molecule has 130 valence electrons. The van der Waals surface area contributed by atoms with Crippen LogP contribution in [0.25, 0.3) is 0 Å². The number of carbonyl (C=O) groups is 1. The largest absolute Gasteiger partial charge is 0.378 e. The van der Waals surface area contributed by atoms with Crippen LogP contribution in [-0.2, 0) is 11.2 Å². The summed E-state index contributed by atoms with van der Waals surface area (Å²) in [7, 11) is 4.05. The van der Waals surface area contributed by atoms with Crippen molar-refractivity contribution in [2.45, 2.75) is 32.7 Å². The lowest BCUT2D eigenvalue weighted by molar-refractivity contribution is -0.130. The smallest absolute Gasteiger partial charge is 0.240 e. The van der Waals surface area contributed by atoms with Gasteiger partial charge in [0, 0.05) is 33.1 Å². The molecule has 2 aromatic rings. The Bertz CT molecular complexity index is 776. The third-order valence-corrected chi connectivity index (χ3v) is 4.72. The maximum absolute atomic E-state index is 12.1. The number of hydrogen-bond acceptors (Lipinski definition) is 3. The molecule has 0 spiro atoms. The summed E-state index contributed by atoms with van der Waals surface area (Å²) in [4.78, 5) is 14.2. The van der Waals surface area contributed by atoms with E-state index in [-0.39, 0.29) is 11.9 Å². The second kappa shape index (κ2) is 7.09. The quantitative estimate of drug-likeness (QED) is 0.846. The second-order valence-electron chi connectivity index (χ2n) is 6.67. The molecule has 0 radical (unpaired) electrons. The second-order valence-corrected chi connectivity index (χ2v) is 6.67. The van der Waals surface area contributed by atoms with E-state index in [1.807, 2.05) is 14.1 Å². The van der Waals surface area contributed by atoms with E-state index in [1.54, 1.807) is 11.9 Å². The summed E-state index contributed by atoms with van der Waals surface area (Å²) in [5.74, 6) is -0.0236. The van der Waals surface area contributed by atoms with Crippen LogP contribution in [0.2, 0.25) is 0 Å². The first-order valence-corrected chi connectivity index (χ1v) is 8.73. The zero-order valence-corrected chi connectivity index (χ0v) is 15.4. The molecular weight excluding hydrogens is 310 g/mol. The van der Waals surface area contributed by atoms with Crippen molar-refractivity contribution < 1.29 is 4.79 Å². The zero-order valence-electron chi connectivity index (χ0n) is 15.4. The van der Waals surface area contributed by atoms with Crippen LogP contribution in [0.1, 0.15) is 43.0 Å². The highest BCUT2D eigenvalue weighted by molar-refractivity contribution is 6.03. The summed E-state index contributed by atoms with van der Waals surface area (Å²) in [5, 5.41) is 6.24. The van der Waals surface area contributed by atoms with E-state index in [4.69, 9.17) is 0 Å². The van der Waals surface area contributed by atoms with E-state index in [0.717, 1.165) is 35.4 Å². The summed E-state index contributed by atoms with van der Waals surface area (Å²) in [6.07, 6.45) is 1.76. The summed E-state index contributed by atoms with van der Waals surface area (Å²) < 4.78 is 0. The maximum Gasteiger partial charge on any atom is 0.240 e. The number of benzene rings is 2. The molecule has 0 unspecified atom stereocenters. The van der Waals surface area contributed by atoms with Crippen LogP contribution in [0.15, 0.2) is 53.6 Å². The van der Waals surface area contributed by atoms with Crippen molar-refractivity contribution in [2.75, 3.05) is 19.0 Å². The van der Waals surface area contributed by atoms with Crippen molar-refractivity contribution in [1.82, 2.24) is 5.01 Å². The van der Waals surface area contributed by atoms with Crippen molar-refractivity contribution in [1.29, 1.82) is 0 Å². The van der Waals surface area contributed by atoms with E-state index in [2.05, 4.69) is 65.5 Å². The molecule has 1 amide bonds. The van der Waals surface area contributed by atoms with Gasteiger partial charge in [-0.05, 0) is 35.2 Å². The molecule has 1 aliphatic heterocycles. The molecule has 3 rings (SSSR count). The van der Waals surface area contributed by atoms with Crippen molar-refractivity contribution in [2.24, 2.45) is 5.10 Å². The van der Waals surface area contributed by atoms with Gasteiger partial charge in [0.1, 0.15) is 0 Å². The Morgan fingerprint density at radius 3 is 2.28 bits per heavy atom. The van der Waals surface area contributed by atoms with Crippen LogP contribution in [0.4, 0.5) is 5.69 Å². The Balaban J connectivity index is 1.87. The highest BCUT2D eigenvalue weighted by Crippen LogP contribution is 2.33. The summed E-state index contributed by atoms with van der Waals surface area (Å²) in [6.45, 7) is 3.72. The van der Waals surface area contributed by atoms with Gasteiger partial charge in [-0.1, -0.05) is 43.3 Å². The van der Waals surface area contributed by atoms with E-state index < -0.39 is 0 Å². The zero-order chi connectivity index (χ0) is 18.0. The van der Waals surface area contributed by atoms with Crippen LogP contribution in [-0.4, -0.2) is 30.7 Å². The van der Waals surface area contributed by atoms with Gasteiger partial charge >= 0.3 is 0 Å². The highest BCUT2D eigenvalue weighted by Gasteiger charge is 2.31. The summed E-state index contributed by atoms with van der Waals surface area (Å²) >= 11 is 0. The lowest BCUT2D eigenvalue weighted by Gasteiger charge is -2.20. The fraction of sp³-hybridized carbons (Fsp3) is 0.333. The molecule has 0 fully saturated rings. The fourth-order valence-electron chi connectivity index (χ4n) is 3.16. The molecule has 0 aliphatic carbocycles. The number of rotatable bonds is 4. The van der Waals surface area contributed by atoms with Gasteiger partial charge < -0.3 is 4.90 Å². The molecule has 0 saturated heterocycles. The van der Waals surface area contributed by atoms with Crippen LogP contribution in [0.5, 0.6) is 0 Å². The number of amides is 1. The predicted octanol–water partition coefficient (Wildman–Crippen LogP) is 4.01. The number of aryl methyl sites for hydroxylation is 1. The van der Waals surface area contributed by atoms with Gasteiger partial charge in [-0.2, -0.15) is 5.10 Å². The molecule has 4 heteroatoms. The van der Waals surface area contributed by atoms with Crippen LogP contribution >= 0.6 is 0 Å². The minimum atomic E-state index is -0.0236. The van der Waals surface area contributed by atoms with E-state index in [9.17, 15) is 4.79 Å². The molecule has 4 nitrogen and oxygen atoms in total. The molecule has 1 aliphatic rings. The number of hydrazone groups is 1. The molecule has 1 heterocycles. The molecule has 0 bridgehead atoms. The van der Waals surface area contributed by atoms with Gasteiger partial charge in [-0.25, -0.2) is 5.01 Å². The lowest BCUT2D eigenvalue weighted by Crippen LogP contribution is -2.24. The van der Waals surface area contributed by atoms with Gasteiger partial charge in [-0.3, -0.25) is 4.79 Å². The molecule has 0 aromatic heterocycles. The van der Waals surface area contributed by atoms with Gasteiger partial charge in [0.15, 0.2) is 0 Å². The normalized spacial score (nSPS) is 16.7. The highest BCUT2D eigenvalue weighted by atomic mass is 16.2. The van der Waals surface area contributed by atoms with Crippen LogP contribution in [0.3, 0.4) is 0 Å². The molecule has 25 heavy (non-hydrogen) atoms. The van der Waals surface area contributed by atoms with Crippen LogP contribution in [0, 0.1) is 0 Å². The Morgan fingerprint density at radius 2 is 1.76 bits per heavy atom. The number of carbonyl (C=O) groups excluding carboxylic acids is 1. The summed E-state index contributed by atoms with van der Waals surface area (Å²) in [5.41, 5.74) is 5.62. The van der Waals surface area contributed by atoms with E-state index >= 15 is 0 Å². The SMILES string of the molecule is CCc1ccc([C@H]2CC(c3ccc(N(C)C)cc3)=NN2C(C)=O)cc1. The minimum absolute atomic E-state index is 0.0214. The Morgan fingerprint density at radius 1 is 1.12 bits per heavy atom. The monoisotopic (exact) mass is 335 g/mol. The predicted molar refractivity (Wildman–Crippen MR) is 103 cm³/mol. The Kier molecular flexibility index (Phi) is 4.88. The van der Waals surface area contributed by atoms with E-state index in [1.165, 1.54) is 5.56 Å². The van der Waals surface area contributed by atoms with Crippen molar-refractivity contribution in [3.05, 3.63) is 65.2 Å². The fourth-order valence-corrected chi connectivity index (χ4v) is 3.16. The third kappa shape index (κ3) is 3.58. The number of nitrogens with zero attached hydrogens (tertiary/aromatic N) is 3. The average molecular weight is 335 g/mol. The maximum atomic E-state index is 12.1. The van der Waals surface area contributed by atoms with Crippen LogP contribution < -0.4 is 4.90 Å². The van der Waals surface area contributed by atoms with Gasteiger partial charge in [0.05, 0.1) is 11.8 Å². The standard InChI is InChI=1S/C21H25N3O/c1-5-16-6-8-18(9-7-16)21-14-20(22-24(21)15(2)25)17-10-12-19(13-11-17)23(3)4/h6-13,21H,5,14H2,1-4H3/t21-/m1/s1. The Hall–Kier alpha value is -2.62. The van der Waals surface area contributed by atoms with Crippen molar-refractivity contribution >= 4 is 17.3 Å². The molecule has 1 atom stereocenters. The third-order valence-electron chi connectivity index (χ3n) is 4.72. The van der Waals surface area contributed by atoms with Gasteiger partial charge in [-0.15, -0.1) is 0 Å². The minimum Gasteiger partial charge on any atom is -0.378 e. The van der Waals surface area contributed by atoms with E-state index in [0.29, 0.717) is 0 Å². The Labute approximate surface area is 149 Å². The number of anilines is 1. The lowest BCUT2D eigenvalue weighted by atomic mass is 9.97. The average Bonchev–Trinajstić information content (AvgIpc) is 3.07. The summed E-state index contributed by atoms with van der Waals surface area (Å²) in [6, 6.07) is 16.8.